The van der Waals surface area contributed by atoms with Crippen LogP contribution in [0.3, 0.4) is 0 Å². The van der Waals surface area contributed by atoms with Crippen molar-refractivity contribution in [3.8, 4) is 0 Å². The van der Waals surface area contributed by atoms with Crippen molar-refractivity contribution in [2.75, 3.05) is 13.1 Å². The Balaban J connectivity index is 3.03. The molecule has 0 saturated heterocycles. The van der Waals surface area contributed by atoms with E-state index < -0.39 is 0 Å². The molecule has 0 radical (unpaired) electrons. The summed E-state index contributed by atoms with van der Waals surface area (Å²) in [5.41, 5.74) is 2.41. The lowest BCUT2D eigenvalue weighted by Crippen LogP contribution is -2.48. The summed E-state index contributed by atoms with van der Waals surface area (Å²) >= 11 is 0. The fraction of sp³-hybridized carbons (Fsp3) is 0.533. The second-order valence-electron chi connectivity index (χ2n) is 4.56. The highest BCUT2D eigenvalue weighted by Crippen LogP contribution is 2.32. The van der Waals surface area contributed by atoms with Gasteiger partial charge in [0.05, 0.1) is 12.1 Å². The Bertz CT molecular complexity index is 346. The molecule has 3 heteroatoms. The summed E-state index contributed by atoms with van der Waals surface area (Å²) < 4.78 is 0. The van der Waals surface area contributed by atoms with Crippen molar-refractivity contribution >= 4 is 6.41 Å². The van der Waals surface area contributed by atoms with Gasteiger partial charge in [0, 0.05) is 0 Å². The Hall–Kier alpha value is -1.35. The molecule has 1 N–H and O–H groups in total. The van der Waals surface area contributed by atoms with Gasteiger partial charge in [-0.3, -0.25) is 9.69 Å². The van der Waals surface area contributed by atoms with E-state index in [0.29, 0.717) is 0 Å². The summed E-state index contributed by atoms with van der Waals surface area (Å²) in [6, 6.07) is 0.362. The largest absolute Gasteiger partial charge is 0.354 e. The van der Waals surface area contributed by atoms with Gasteiger partial charge < -0.3 is 5.32 Å². The molecule has 1 aliphatic carbocycles. The monoisotopic (exact) mass is 248 g/mol. The SMILES string of the molecule is C=CC1=C(C=C)C(N(CC)CCC)C(NC=O)C1. The topological polar surface area (TPSA) is 32.3 Å². The molecule has 1 rings (SSSR count). The van der Waals surface area contributed by atoms with Crippen molar-refractivity contribution in [3.05, 3.63) is 36.5 Å². The molecule has 0 aromatic rings. The Morgan fingerprint density at radius 1 is 1.39 bits per heavy atom. The highest BCUT2D eigenvalue weighted by molar-refractivity contribution is 5.51. The van der Waals surface area contributed by atoms with Gasteiger partial charge in [0.2, 0.25) is 6.41 Å². The number of likely N-dealkylation sites (N-methyl/N-ethyl adjacent to an activating group) is 1. The second kappa shape index (κ2) is 7.17. The standard InChI is InChI=1S/C15H24N2O/c1-5-9-17(8-4)15-13(7-3)12(6-2)10-14(15)16-11-18/h6-7,11,14-15H,2-3,5,8-10H2,1,4H3,(H,16,18). The minimum Gasteiger partial charge on any atom is -0.354 e. The molecule has 0 spiro atoms. The summed E-state index contributed by atoms with van der Waals surface area (Å²) in [6.45, 7) is 14.1. The number of allylic oxidation sites excluding steroid dienone is 1. The molecule has 0 bridgehead atoms. The third-order valence-electron chi connectivity index (χ3n) is 3.57. The molecule has 2 atom stereocenters. The molecule has 0 saturated carbocycles. The predicted molar refractivity (Wildman–Crippen MR) is 76.4 cm³/mol. The predicted octanol–water partition coefficient (Wildman–Crippen LogP) is 2.27. The summed E-state index contributed by atoms with van der Waals surface area (Å²) in [5.74, 6) is 0. The molecule has 0 aliphatic heterocycles. The van der Waals surface area contributed by atoms with Gasteiger partial charge in [-0.25, -0.2) is 0 Å². The van der Waals surface area contributed by atoms with E-state index >= 15 is 0 Å². The van der Waals surface area contributed by atoms with Gasteiger partial charge in [-0.05, 0) is 37.1 Å². The zero-order chi connectivity index (χ0) is 13.5. The normalized spacial score (nSPS) is 23.3. The molecule has 100 valence electrons. The van der Waals surface area contributed by atoms with Crippen LogP contribution in [-0.4, -0.2) is 36.5 Å². The van der Waals surface area contributed by atoms with Gasteiger partial charge in [-0.2, -0.15) is 0 Å². The molecule has 18 heavy (non-hydrogen) atoms. The third-order valence-corrected chi connectivity index (χ3v) is 3.57. The first-order valence-electron chi connectivity index (χ1n) is 6.65. The molecule has 3 nitrogen and oxygen atoms in total. The van der Waals surface area contributed by atoms with Crippen molar-refractivity contribution in [3.63, 3.8) is 0 Å². The van der Waals surface area contributed by atoms with Gasteiger partial charge in [0.15, 0.2) is 0 Å². The van der Waals surface area contributed by atoms with Crippen LogP contribution in [0.2, 0.25) is 0 Å². The first kappa shape index (κ1) is 14.7. The zero-order valence-corrected chi connectivity index (χ0v) is 11.5. The van der Waals surface area contributed by atoms with E-state index in [2.05, 4.69) is 37.2 Å². The highest BCUT2D eigenvalue weighted by Gasteiger charge is 2.35. The summed E-state index contributed by atoms with van der Waals surface area (Å²) in [7, 11) is 0. The number of carbonyl (C=O) groups is 1. The van der Waals surface area contributed by atoms with E-state index in [4.69, 9.17) is 0 Å². The van der Waals surface area contributed by atoms with Crippen LogP contribution < -0.4 is 5.32 Å². The first-order valence-corrected chi connectivity index (χ1v) is 6.65. The van der Waals surface area contributed by atoms with Gasteiger partial charge in [0.25, 0.3) is 0 Å². The number of nitrogens with zero attached hydrogens (tertiary/aromatic N) is 1. The number of amides is 1. The van der Waals surface area contributed by atoms with Crippen molar-refractivity contribution in [2.45, 2.75) is 38.8 Å². The lowest BCUT2D eigenvalue weighted by atomic mass is 10.0. The second-order valence-corrected chi connectivity index (χ2v) is 4.56. The Kier molecular flexibility index (Phi) is 5.86. The van der Waals surface area contributed by atoms with Crippen molar-refractivity contribution < 1.29 is 4.79 Å². The average Bonchev–Trinajstić information content (AvgIpc) is 2.74. The fourth-order valence-electron chi connectivity index (χ4n) is 2.80. The minimum absolute atomic E-state index is 0.134. The van der Waals surface area contributed by atoms with E-state index in [9.17, 15) is 4.79 Å². The number of hydrogen-bond donors (Lipinski definition) is 1. The molecule has 0 aromatic heterocycles. The maximum atomic E-state index is 10.8. The van der Waals surface area contributed by atoms with Crippen molar-refractivity contribution in [1.29, 1.82) is 0 Å². The van der Waals surface area contributed by atoms with Gasteiger partial charge >= 0.3 is 0 Å². The molecule has 2 unspecified atom stereocenters. The number of rotatable bonds is 8. The highest BCUT2D eigenvalue weighted by atomic mass is 16.1. The minimum atomic E-state index is 0.134. The number of hydrogen-bond acceptors (Lipinski definition) is 2. The number of carbonyl (C=O) groups excluding carboxylic acids is 1. The zero-order valence-electron chi connectivity index (χ0n) is 11.5. The molecule has 1 aliphatic rings. The maximum absolute atomic E-state index is 10.8. The van der Waals surface area contributed by atoms with Crippen molar-refractivity contribution in [2.24, 2.45) is 0 Å². The molecular weight excluding hydrogens is 224 g/mol. The molecule has 1 amide bonds. The van der Waals surface area contributed by atoms with Gasteiger partial charge in [0.1, 0.15) is 0 Å². The van der Waals surface area contributed by atoms with Crippen LogP contribution in [0.15, 0.2) is 36.5 Å². The van der Waals surface area contributed by atoms with Crippen LogP contribution in [0.4, 0.5) is 0 Å². The van der Waals surface area contributed by atoms with Gasteiger partial charge in [-0.1, -0.05) is 39.2 Å². The third kappa shape index (κ3) is 2.91. The Morgan fingerprint density at radius 3 is 2.56 bits per heavy atom. The first-order chi connectivity index (χ1) is 8.73. The quantitative estimate of drug-likeness (QED) is 0.668. The summed E-state index contributed by atoms with van der Waals surface area (Å²) in [5, 5.41) is 2.94. The lowest BCUT2D eigenvalue weighted by Gasteiger charge is -2.33. The van der Waals surface area contributed by atoms with Gasteiger partial charge in [-0.15, -0.1) is 0 Å². The van der Waals surface area contributed by atoms with Crippen molar-refractivity contribution in [1.82, 2.24) is 10.2 Å². The molecular formula is C15H24N2O. The van der Waals surface area contributed by atoms with Crippen LogP contribution in [0.25, 0.3) is 0 Å². The smallest absolute Gasteiger partial charge is 0.207 e. The molecule has 0 aromatic carbocycles. The fourth-order valence-corrected chi connectivity index (χ4v) is 2.80. The van der Waals surface area contributed by atoms with Crippen LogP contribution in [0.5, 0.6) is 0 Å². The van der Waals surface area contributed by atoms with E-state index in [-0.39, 0.29) is 12.1 Å². The Morgan fingerprint density at radius 2 is 2.11 bits per heavy atom. The maximum Gasteiger partial charge on any atom is 0.207 e. The molecule has 0 heterocycles. The summed E-state index contributed by atoms with van der Waals surface area (Å²) in [4.78, 5) is 13.2. The van der Waals surface area contributed by atoms with E-state index in [0.717, 1.165) is 32.3 Å². The number of nitrogens with one attached hydrogen (secondary N) is 1. The lowest BCUT2D eigenvalue weighted by molar-refractivity contribution is -0.110. The van der Waals surface area contributed by atoms with Crippen LogP contribution in [-0.2, 0) is 4.79 Å². The van der Waals surface area contributed by atoms with Crippen LogP contribution in [0.1, 0.15) is 26.7 Å². The van der Waals surface area contributed by atoms with E-state index in [1.807, 2.05) is 12.2 Å². The Labute approximate surface area is 110 Å². The average molecular weight is 248 g/mol. The van der Waals surface area contributed by atoms with Crippen LogP contribution in [0, 0.1) is 0 Å². The van der Waals surface area contributed by atoms with E-state index in [1.165, 1.54) is 11.1 Å². The summed E-state index contributed by atoms with van der Waals surface area (Å²) in [6.07, 6.45) is 6.54. The van der Waals surface area contributed by atoms with E-state index in [1.54, 1.807) is 0 Å². The molecule has 0 fully saturated rings. The van der Waals surface area contributed by atoms with Crippen LogP contribution >= 0.6 is 0 Å².